The Labute approximate surface area is 144 Å². The highest BCUT2D eigenvalue weighted by molar-refractivity contribution is 5.94. The third kappa shape index (κ3) is 5.06. The van der Waals surface area contributed by atoms with Crippen LogP contribution in [0.3, 0.4) is 0 Å². The van der Waals surface area contributed by atoms with Crippen LogP contribution in [-0.4, -0.2) is 42.4 Å². The minimum absolute atomic E-state index is 0.0635. The van der Waals surface area contributed by atoms with Gasteiger partial charge in [0.1, 0.15) is 0 Å². The molecule has 0 radical (unpaired) electrons. The molecular formula is C19H29N3O2. The van der Waals surface area contributed by atoms with E-state index in [1.807, 2.05) is 24.3 Å². The van der Waals surface area contributed by atoms with Gasteiger partial charge in [0.2, 0.25) is 5.91 Å². The van der Waals surface area contributed by atoms with Crippen LogP contribution >= 0.6 is 0 Å². The largest absolute Gasteiger partial charge is 0.352 e. The minimum Gasteiger partial charge on any atom is -0.352 e. The van der Waals surface area contributed by atoms with Crippen LogP contribution in [0, 0.1) is 0 Å². The number of amides is 2. The van der Waals surface area contributed by atoms with Crippen LogP contribution in [0.2, 0.25) is 0 Å². The maximum Gasteiger partial charge on any atom is 0.251 e. The van der Waals surface area contributed by atoms with Gasteiger partial charge in [-0.1, -0.05) is 32.9 Å². The monoisotopic (exact) mass is 331 g/mol. The third-order valence-corrected chi connectivity index (χ3v) is 4.45. The summed E-state index contributed by atoms with van der Waals surface area (Å²) in [5, 5.41) is 2.82. The fourth-order valence-electron chi connectivity index (χ4n) is 2.90. The van der Waals surface area contributed by atoms with Gasteiger partial charge in [-0.2, -0.15) is 0 Å². The molecule has 1 aromatic carbocycles. The molecule has 1 fully saturated rings. The number of piperidine rings is 1. The van der Waals surface area contributed by atoms with Crippen LogP contribution in [0.4, 0.5) is 0 Å². The summed E-state index contributed by atoms with van der Waals surface area (Å²) in [5.41, 5.74) is 7.77. The molecule has 1 saturated heterocycles. The molecule has 3 N–H and O–H groups in total. The van der Waals surface area contributed by atoms with Crippen molar-refractivity contribution >= 4 is 11.8 Å². The molecule has 0 aliphatic carbocycles. The van der Waals surface area contributed by atoms with E-state index < -0.39 is 0 Å². The van der Waals surface area contributed by atoms with E-state index in [0.717, 1.165) is 19.4 Å². The molecule has 1 aliphatic rings. The quantitative estimate of drug-likeness (QED) is 0.887. The van der Waals surface area contributed by atoms with E-state index in [1.54, 1.807) is 4.90 Å². The van der Waals surface area contributed by atoms with Crippen molar-refractivity contribution in [3.05, 3.63) is 35.4 Å². The number of hydrogen-bond donors (Lipinski definition) is 2. The van der Waals surface area contributed by atoms with Gasteiger partial charge in [-0.05, 0) is 36.0 Å². The van der Waals surface area contributed by atoms with Crippen LogP contribution in [0.1, 0.15) is 56.0 Å². The molecule has 1 heterocycles. The fraction of sp³-hybridized carbons (Fsp3) is 0.579. The Balaban J connectivity index is 1.79. The molecule has 2 rings (SSSR count). The molecule has 0 spiro atoms. The molecule has 24 heavy (non-hydrogen) atoms. The summed E-state index contributed by atoms with van der Waals surface area (Å²) >= 11 is 0. The number of hydrogen-bond acceptors (Lipinski definition) is 3. The van der Waals surface area contributed by atoms with E-state index >= 15 is 0 Å². The van der Waals surface area contributed by atoms with Crippen molar-refractivity contribution in [1.82, 2.24) is 10.2 Å². The van der Waals surface area contributed by atoms with E-state index in [2.05, 4.69) is 26.1 Å². The summed E-state index contributed by atoms with van der Waals surface area (Å²) in [4.78, 5) is 26.1. The number of nitrogens with one attached hydrogen (secondary N) is 1. The van der Waals surface area contributed by atoms with Gasteiger partial charge in [-0.25, -0.2) is 0 Å². The number of nitrogens with two attached hydrogens (primary N) is 1. The van der Waals surface area contributed by atoms with Crippen molar-refractivity contribution in [2.45, 2.75) is 51.5 Å². The second kappa shape index (κ2) is 7.79. The van der Waals surface area contributed by atoms with Crippen molar-refractivity contribution in [3.63, 3.8) is 0 Å². The topological polar surface area (TPSA) is 75.4 Å². The second-order valence-electron chi connectivity index (χ2n) is 7.58. The van der Waals surface area contributed by atoms with Gasteiger partial charge in [0.05, 0.1) is 0 Å². The number of carbonyl (C=O) groups excluding carboxylic acids is 2. The first-order valence-corrected chi connectivity index (χ1v) is 8.69. The summed E-state index contributed by atoms with van der Waals surface area (Å²) in [5.74, 6) is -0.0767. The number of benzene rings is 1. The Morgan fingerprint density at radius 3 is 2.50 bits per heavy atom. The van der Waals surface area contributed by atoms with Gasteiger partial charge in [-0.3, -0.25) is 9.59 Å². The molecule has 1 aliphatic heterocycles. The van der Waals surface area contributed by atoms with Crippen LogP contribution in [-0.2, 0) is 10.2 Å². The molecular weight excluding hydrogens is 302 g/mol. The van der Waals surface area contributed by atoms with E-state index in [1.165, 1.54) is 5.56 Å². The lowest BCUT2D eigenvalue weighted by molar-refractivity contribution is -0.132. The van der Waals surface area contributed by atoms with Gasteiger partial charge in [-0.15, -0.1) is 0 Å². The molecule has 132 valence electrons. The first kappa shape index (κ1) is 18.5. The van der Waals surface area contributed by atoms with Gasteiger partial charge in [0, 0.05) is 37.7 Å². The maximum atomic E-state index is 12.2. The summed E-state index contributed by atoms with van der Waals surface area (Å²) in [6.45, 7) is 8.17. The SMILES string of the molecule is CC(C)(C)c1ccc(C(=O)NCCC(=O)N2CCCC(N)C2)cc1. The van der Waals surface area contributed by atoms with Crippen molar-refractivity contribution in [2.24, 2.45) is 5.73 Å². The van der Waals surface area contributed by atoms with E-state index in [4.69, 9.17) is 5.73 Å². The molecule has 1 atom stereocenters. The van der Waals surface area contributed by atoms with E-state index in [0.29, 0.717) is 25.1 Å². The summed E-state index contributed by atoms with van der Waals surface area (Å²) in [6, 6.07) is 7.71. The first-order valence-electron chi connectivity index (χ1n) is 8.69. The Morgan fingerprint density at radius 2 is 1.92 bits per heavy atom. The summed E-state index contributed by atoms with van der Waals surface area (Å²) in [7, 11) is 0. The number of likely N-dealkylation sites (tertiary alicyclic amines) is 1. The summed E-state index contributed by atoms with van der Waals surface area (Å²) in [6.07, 6.45) is 2.25. The molecule has 1 aromatic rings. The predicted molar refractivity (Wildman–Crippen MR) is 95.9 cm³/mol. The highest BCUT2D eigenvalue weighted by Gasteiger charge is 2.21. The van der Waals surface area contributed by atoms with Crippen LogP contribution in [0.15, 0.2) is 24.3 Å². The number of rotatable bonds is 4. The van der Waals surface area contributed by atoms with Gasteiger partial charge in [0.25, 0.3) is 5.91 Å². The van der Waals surface area contributed by atoms with Crippen molar-refractivity contribution in [3.8, 4) is 0 Å². The third-order valence-electron chi connectivity index (χ3n) is 4.45. The van der Waals surface area contributed by atoms with Gasteiger partial charge < -0.3 is 16.0 Å². The van der Waals surface area contributed by atoms with Crippen LogP contribution in [0.25, 0.3) is 0 Å². The molecule has 2 amide bonds. The smallest absolute Gasteiger partial charge is 0.251 e. The first-order chi connectivity index (χ1) is 11.3. The lowest BCUT2D eigenvalue weighted by atomic mass is 9.87. The molecule has 5 nitrogen and oxygen atoms in total. The zero-order valence-electron chi connectivity index (χ0n) is 15.0. The Hall–Kier alpha value is -1.88. The normalized spacial score (nSPS) is 18.3. The van der Waals surface area contributed by atoms with Gasteiger partial charge >= 0.3 is 0 Å². The van der Waals surface area contributed by atoms with E-state index in [-0.39, 0.29) is 23.3 Å². The molecule has 0 saturated carbocycles. The standard InChI is InChI=1S/C19H29N3O2/c1-19(2,3)15-8-6-14(7-9-15)18(24)21-11-10-17(23)22-12-4-5-16(20)13-22/h6-9,16H,4-5,10-13,20H2,1-3H3,(H,21,24). The maximum absolute atomic E-state index is 12.2. The van der Waals surface area contributed by atoms with Gasteiger partial charge in [0.15, 0.2) is 0 Å². The van der Waals surface area contributed by atoms with Crippen LogP contribution < -0.4 is 11.1 Å². The average molecular weight is 331 g/mol. The number of nitrogens with zero attached hydrogens (tertiary/aromatic N) is 1. The molecule has 0 bridgehead atoms. The van der Waals surface area contributed by atoms with E-state index in [9.17, 15) is 9.59 Å². The lowest BCUT2D eigenvalue weighted by Crippen LogP contribution is -2.46. The zero-order chi connectivity index (χ0) is 17.7. The Kier molecular flexibility index (Phi) is 5.99. The van der Waals surface area contributed by atoms with Crippen molar-refractivity contribution < 1.29 is 9.59 Å². The molecule has 1 unspecified atom stereocenters. The zero-order valence-corrected chi connectivity index (χ0v) is 15.0. The van der Waals surface area contributed by atoms with Crippen LogP contribution in [0.5, 0.6) is 0 Å². The fourth-order valence-corrected chi connectivity index (χ4v) is 2.90. The van der Waals surface area contributed by atoms with Crippen molar-refractivity contribution in [2.75, 3.05) is 19.6 Å². The predicted octanol–water partition coefficient (Wildman–Crippen LogP) is 2.05. The molecule has 0 aromatic heterocycles. The summed E-state index contributed by atoms with van der Waals surface area (Å²) < 4.78 is 0. The average Bonchev–Trinajstić information content (AvgIpc) is 2.54. The minimum atomic E-state index is -0.140. The Morgan fingerprint density at radius 1 is 1.25 bits per heavy atom. The highest BCUT2D eigenvalue weighted by atomic mass is 16.2. The highest BCUT2D eigenvalue weighted by Crippen LogP contribution is 2.22. The number of carbonyl (C=O) groups is 2. The second-order valence-corrected chi connectivity index (χ2v) is 7.58. The molecule has 5 heteroatoms. The lowest BCUT2D eigenvalue weighted by Gasteiger charge is -2.30. The van der Waals surface area contributed by atoms with Crippen molar-refractivity contribution in [1.29, 1.82) is 0 Å². The Bertz CT molecular complexity index is 575.